The second kappa shape index (κ2) is 14.1. The lowest BCUT2D eigenvalue weighted by atomic mass is 10.1. The molecule has 2 rings (SSSR count). The minimum absolute atomic E-state index is 0. The molecular weight excluding hydrogens is 407 g/mol. The Hall–Kier alpha value is -1.01. The lowest BCUT2D eigenvalue weighted by Crippen LogP contribution is -2.32. The predicted octanol–water partition coefficient (Wildman–Crippen LogP) is 4.04. The Morgan fingerprint density at radius 1 is 1.11 bits per heavy atom. The summed E-state index contributed by atoms with van der Waals surface area (Å²) in [5, 5.41) is 17.4. The third-order valence-electron chi connectivity index (χ3n) is 3.95. The Kier molecular flexibility index (Phi) is 13.5. The molecule has 3 N–H and O–H groups in total. The number of rotatable bonds is 10. The van der Waals surface area contributed by atoms with Gasteiger partial charge in [-0.3, -0.25) is 0 Å². The van der Waals surface area contributed by atoms with Gasteiger partial charge < -0.3 is 20.5 Å². The van der Waals surface area contributed by atoms with Gasteiger partial charge in [-0.2, -0.15) is 0 Å². The summed E-state index contributed by atoms with van der Waals surface area (Å²) in [7, 11) is 1.91. The van der Waals surface area contributed by atoms with Crippen LogP contribution >= 0.6 is 36.4 Å². The maximum Gasteiger partial charge on any atom is 0.119 e. The van der Waals surface area contributed by atoms with Gasteiger partial charge in [-0.1, -0.05) is 35.9 Å². The predicted molar refractivity (Wildman–Crippen MR) is 118 cm³/mol. The van der Waals surface area contributed by atoms with Crippen LogP contribution in [0.2, 0.25) is 5.02 Å². The minimum Gasteiger partial charge on any atom is -0.492 e. The van der Waals surface area contributed by atoms with Crippen molar-refractivity contribution in [3.63, 3.8) is 0 Å². The molecule has 0 aliphatic carbocycles. The molecule has 0 saturated heterocycles. The van der Waals surface area contributed by atoms with Gasteiger partial charge in [0.05, 0.1) is 6.10 Å². The van der Waals surface area contributed by atoms with Gasteiger partial charge >= 0.3 is 0 Å². The smallest absolute Gasteiger partial charge is 0.119 e. The fourth-order valence-corrected chi connectivity index (χ4v) is 2.80. The van der Waals surface area contributed by atoms with E-state index < -0.39 is 6.10 Å². The third kappa shape index (κ3) is 9.65. The van der Waals surface area contributed by atoms with E-state index in [4.69, 9.17) is 16.3 Å². The first-order chi connectivity index (χ1) is 12.1. The molecule has 2 unspecified atom stereocenters. The molecule has 0 amide bonds. The second-order valence-electron chi connectivity index (χ2n) is 6.18. The zero-order valence-electron chi connectivity index (χ0n) is 15.7. The SMILES string of the molecule is CNCCOc1cccc(CC(C)NCC(O)c2cccc(Cl)c2)c1.Cl.Cl. The highest BCUT2D eigenvalue weighted by Gasteiger charge is 2.10. The molecule has 7 heteroatoms. The van der Waals surface area contributed by atoms with Crippen molar-refractivity contribution in [1.82, 2.24) is 10.6 Å². The first kappa shape index (κ1) is 26.0. The molecule has 0 aliphatic rings. The topological polar surface area (TPSA) is 53.5 Å². The van der Waals surface area contributed by atoms with E-state index in [1.54, 1.807) is 12.1 Å². The number of hydrogen-bond acceptors (Lipinski definition) is 4. The number of nitrogens with one attached hydrogen (secondary N) is 2. The van der Waals surface area contributed by atoms with Crippen LogP contribution in [-0.4, -0.2) is 37.9 Å². The molecule has 0 fully saturated rings. The molecule has 0 aromatic heterocycles. The molecule has 2 aromatic carbocycles. The zero-order chi connectivity index (χ0) is 18.1. The number of likely N-dealkylation sites (N-methyl/N-ethyl adjacent to an activating group) is 1. The second-order valence-corrected chi connectivity index (χ2v) is 6.62. The van der Waals surface area contributed by atoms with E-state index >= 15 is 0 Å². The molecule has 0 radical (unpaired) electrons. The van der Waals surface area contributed by atoms with Crippen LogP contribution in [0, 0.1) is 0 Å². The fourth-order valence-electron chi connectivity index (χ4n) is 2.60. The first-order valence-electron chi connectivity index (χ1n) is 8.61. The molecule has 0 bridgehead atoms. The molecule has 152 valence electrons. The van der Waals surface area contributed by atoms with Crippen LogP contribution in [0.4, 0.5) is 0 Å². The Morgan fingerprint density at radius 3 is 2.56 bits per heavy atom. The maximum atomic E-state index is 10.3. The molecule has 0 spiro atoms. The van der Waals surface area contributed by atoms with Gasteiger partial charge in [0.1, 0.15) is 12.4 Å². The summed E-state index contributed by atoms with van der Waals surface area (Å²) in [6.07, 6.45) is 0.295. The van der Waals surface area contributed by atoms with E-state index in [2.05, 4.69) is 29.7 Å². The van der Waals surface area contributed by atoms with E-state index in [1.165, 1.54) is 5.56 Å². The minimum atomic E-state index is -0.572. The Bertz CT molecular complexity index is 659. The summed E-state index contributed by atoms with van der Waals surface area (Å²) in [5.41, 5.74) is 2.03. The van der Waals surface area contributed by atoms with E-state index in [0.717, 1.165) is 24.3 Å². The van der Waals surface area contributed by atoms with Gasteiger partial charge in [0.25, 0.3) is 0 Å². The van der Waals surface area contributed by atoms with Crippen molar-refractivity contribution in [1.29, 1.82) is 0 Å². The Balaban J connectivity index is 0.00000338. The van der Waals surface area contributed by atoms with Crippen LogP contribution < -0.4 is 15.4 Å². The maximum absolute atomic E-state index is 10.3. The van der Waals surface area contributed by atoms with Gasteiger partial charge in [0.2, 0.25) is 0 Å². The zero-order valence-corrected chi connectivity index (χ0v) is 18.0. The highest BCUT2D eigenvalue weighted by molar-refractivity contribution is 6.30. The average Bonchev–Trinajstić information content (AvgIpc) is 2.60. The largest absolute Gasteiger partial charge is 0.492 e. The molecule has 4 nitrogen and oxygen atoms in total. The van der Waals surface area contributed by atoms with Crippen LogP contribution in [0.25, 0.3) is 0 Å². The summed E-state index contributed by atoms with van der Waals surface area (Å²) >= 11 is 5.97. The molecule has 0 aliphatic heterocycles. The molecule has 0 heterocycles. The normalized spacial score (nSPS) is 12.4. The molecule has 0 saturated carbocycles. The first-order valence-corrected chi connectivity index (χ1v) is 8.99. The summed E-state index contributed by atoms with van der Waals surface area (Å²) in [6, 6.07) is 15.7. The van der Waals surface area contributed by atoms with E-state index in [9.17, 15) is 5.11 Å². The number of aliphatic hydroxyl groups is 1. The van der Waals surface area contributed by atoms with Crippen molar-refractivity contribution in [2.45, 2.75) is 25.5 Å². The standard InChI is InChI=1S/C20H27ClN2O2.2ClH/c1-15(23-14-20(24)17-6-4-7-18(21)13-17)11-16-5-3-8-19(12-16)25-10-9-22-2;;/h3-8,12-13,15,20,22-24H,9-11,14H2,1-2H3;2*1H. The monoisotopic (exact) mass is 434 g/mol. The van der Waals surface area contributed by atoms with Crippen molar-refractivity contribution in [2.24, 2.45) is 0 Å². The average molecular weight is 436 g/mol. The summed E-state index contributed by atoms with van der Waals surface area (Å²) < 4.78 is 5.70. The highest BCUT2D eigenvalue weighted by atomic mass is 35.5. The van der Waals surface area contributed by atoms with Gasteiger partial charge in [-0.25, -0.2) is 0 Å². The highest BCUT2D eigenvalue weighted by Crippen LogP contribution is 2.18. The van der Waals surface area contributed by atoms with Crippen molar-refractivity contribution >= 4 is 36.4 Å². The van der Waals surface area contributed by atoms with Crippen LogP contribution in [0.5, 0.6) is 5.75 Å². The quantitative estimate of drug-likeness (QED) is 0.493. The van der Waals surface area contributed by atoms with Gasteiger partial charge in [-0.15, -0.1) is 24.8 Å². The lowest BCUT2D eigenvalue weighted by molar-refractivity contribution is 0.170. The van der Waals surface area contributed by atoms with Gasteiger partial charge in [-0.05, 0) is 55.8 Å². The van der Waals surface area contributed by atoms with Crippen molar-refractivity contribution in [2.75, 3.05) is 26.7 Å². The van der Waals surface area contributed by atoms with Crippen molar-refractivity contribution < 1.29 is 9.84 Å². The summed E-state index contributed by atoms with van der Waals surface area (Å²) in [6.45, 7) is 4.07. The lowest BCUT2D eigenvalue weighted by Gasteiger charge is -2.18. The van der Waals surface area contributed by atoms with Gasteiger partial charge in [0.15, 0.2) is 0 Å². The number of hydrogen-bond donors (Lipinski definition) is 3. The van der Waals surface area contributed by atoms with E-state index in [0.29, 0.717) is 18.2 Å². The van der Waals surface area contributed by atoms with Crippen molar-refractivity contribution in [3.8, 4) is 5.75 Å². The Labute approximate surface area is 179 Å². The van der Waals surface area contributed by atoms with Gasteiger partial charge in [0, 0.05) is 24.2 Å². The van der Waals surface area contributed by atoms with Crippen LogP contribution in [0.1, 0.15) is 24.2 Å². The number of ether oxygens (including phenoxy) is 1. The number of aliphatic hydroxyl groups excluding tert-OH is 1. The number of benzene rings is 2. The molecule has 27 heavy (non-hydrogen) atoms. The summed E-state index contributed by atoms with van der Waals surface area (Å²) in [5.74, 6) is 0.888. The van der Waals surface area contributed by atoms with Crippen molar-refractivity contribution in [3.05, 3.63) is 64.7 Å². The third-order valence-corrected chi connectivity index (χ3v) is 4.19. The summed E-state index contributed by atoms with van der Waals surface area (Å²) in [4.78, 5) is 0. The molecule has 2 aromatic rings. The van der Waals surface area contributed by atoms with Crippen LogP contribution in [0.3, 0.4) is 0 Å². The number of halogens is 3. The van der Waals surface area contributed by atoms with E-state index in [1.807, 2.05) is 31.3 Å². The Morgan fingerprint density at radius 2 is 1.85 bits per heavy atom. The molecular formula is C20H29Cl3N2O2. The fraction of sp³-hybridized carbons (Fsp3) is 0.400. The van der Waals surface area contributed by atoms with Crippen LogP contribution in [0.15, 0.2) is 48.5 Å². The van der Waals surface area contributed by atoms with E-state index in [-0.39, 0.29) is 30.9 Å². The molecule has 2 atom stereocenters. The van der Waals surface area contributed by atoms with Crippen LogP contribution in [-0.2, 0) is 6.42 Å².